The van der Waals surface area contributed by atoms with Crippen LogP contribution < -0.4 is 15.6 Å². The van der Waals surface area contributed by atoms with E-state index in [0.29, 0.717) is 16.1 Å². The van der Waals surface area contributed by atoms with Crippen LogP contribution in [0.15, 0.2) is 65.8 Å². The number of aromatic nitrogens is 3. The van der Waals surface area contributed by atoms with Gasteiger partial charge in [-0.15, -0.1) is 0 Å². The van der Waals surface area contributed by atoms with Crippen molar-refractivity contribution in [1.82, 2.24) is 15.2 Å². The van der Waals surface area contributed by atoms with Gasteiger partial charge in [0.1, 0.15) is 16.5 Å². The predicted molar refractivity (Wildman–Crippen MR) is 123 cm³/mol. The van der Waals surface area contributed by atoms with Crippen LogP contribution in [0.25, 0.3) is 22.4 Å². The first kappa shape index (κ1) is 22.9. The molecule has 0 unspecified atom stereocenters. The summed E-state index contributed by atoms with van der Waals surface area (Å²) < 4.78 is 45.3. The first-order chi connectivity index (χ1) is 15.6. The molecule has 4 aromatic rings. The summed E-state index contributed by atoms with van der Waals surface area (Å²) in [6.45, 7) is 0. The Morgan fingerprint density at radius 1 is 1.03 bits per heavy atom. The van der Waals surface area contributed by atoms with Crippen LogP contribution in [0.1, 0.15) is 0 Å². The number of halogens is 3. The van der Waals surface area contributed by atoms with E-state index in [1.807, 2.05) is 0 Å². The minimum absolute atomic E-state index is 0.0129. The quantitative estimate of drug-likeness (QED) is 0.402. The molecule has 0 bridgehead atoms. The highest BCUT2D eigenvalue weighted by Gasteiger charge is 2.27. The molecule has 0 amide bonds. The fourth-order valence-electron chi connectivity index (χ4n) is 3.10. The Morgan fingerprint density at radius 3 is 2.48 bits per heavy atom. The van der Waals surface area contributed by atoms with Crippen molar-refractivity contribution in [3.63, 3.8) is 0 Å². The van der Waals surface area contributed by atoms with Crippen LogP contribution >= 0.6 is 23.2 Å². The summed E-state index contributed by atoms with van der Waals surface area (Å²) in [5.41, 5.74) is 6.59. The second-order valence-corrected chi connectivity index (χ2v) is 9.11. The van der Waals surface area contributed by atoms with Crippen LogP contribution in [-0.2, 0) is 10.0 Å². The van der Waals surface area contributed by atoms with E-state index < -0.39 is 20.7 Å². The van der Waals surface area contributed by atoms with E-state index in [1.165, 1.54) is 24.5 Å². The number of hydrogen-bond acceptors (Lipinski definition) is 7. The van der Waals surface area contributed by atoms with Gasteiger partial charge in [0.05, 0.1) is 16.3 Å². The fourth-order valence-corrected chi connectivity index (χ4v) is 4.21. The molecule has 0 radical (unpaired) electrons. The lowest BCUT2D eigenvalue weighted by atomic mass is 10.1. The molecule has 2 aromatic carbocycles. The number of anilines is 1. The minimum atomic E-state index is -4.44. The molecule has 2 aromatic heterocycles. The van der Waals surface area contributed by atoms with Crippen LogP contribution in [0.3, 0.4) is 0 Å². The molecule has 168 valence electrons. The number of hydrogen-bond donors (Lipinski definition) is 2. The average molecular weight is 506 g/mol. The third kappa shape index (κ3) is 4.74. The van der Waals surface area contributed by atoms with Crippen molar-refractivity contribution in [1.29, 1.82) is 0 Å². The highest BCUT2D eigenvalue weighted by molar-refractivity contribution is 7.89. The van der Waals surface area contributed by atoms with Crippen molar-refractivity contribution in [3.8, 4) is 33.9 Å². The number of pyridine rings is 1. The van der Waals surface area contributed by atoms with Crippen molar-refractivity contribution in [2.75, 3.05) is 5.73 Å². The highest BCUT2D eigenvalue weighted by atomic mass is 35.5. The smallest absolute Gasteiger partial charge is 0.241 e. The first-order valence-electron chi connectivity index (χ1n) is 9.17. The molecule has 0 saturated carbocycles. The molecule has 0 fully saturated rings. The van der Waals surface area contributed by atoms with Gasteiger partial charge in [-0.2, -0.15) is 10.2 Å². The van der Waals surface area contributed by atoms with E-state index in [2.05, 4.69) is 15.2 Å². The highest BCUT2D eigenvalue weighted by Crippen LogP contribution is 2.45. The van der Waals surface area contributed by atoms with Crippen molar-refractivity contribution >= 4 is 39.0 Å². The standard InChI is InChI=1S/C21H14Cl2FN5O3S/c22-12-3-4-16(13(9-12)11-5-7-27-18(25)8-11)32-21-14(23)10-17(33(26,30)31)20(24)19(21)15-2-1-6-28-29-15/h1-10H,(H2,25,27)(H2,26,30,31). The molecule has 33 heavy (non-hydrogen) atoms. The van der Waals surface area contributed by atoms with Gasteiger partial charge in [0, 0.05) is 23.0 Å². The number of primary sulfonamides is 1. The molecule has 0 aliphatic heterocycles. The molecule has 0 saturated heterocycles. The van der Waals surface area contributed by atoms with Gasteiger partial charge in [-0.25, -0.2) is 22.9 Å². The Labute approximate surface area is 198 Å². The van der Waals surface area contributed by atoms with Gasteiger partial charge in [0.2, 0.25) is 10.0 Å². The molecule has 0 aliphatic rings. The van der Waals surface area contributed by atoms with Crippen LogP contribution in [0.2, 0.25) is 10.0 Å². The zero-order valence-electron chi connectivity index (χ0n) is 16.5. The monoisotopic (exact) mass is 505 g/mol. The molecule has 4 N–H and O–H groups in total. The normalized spacial score (nSPS) is 11.4. The summed E-state index contributed by atoms with van der Waals surface area (Å²) in [4.78, 5) is 3.16. The van der Waals surface area contributed by atoms with Gasteiger partial charge in [0.25, 0.3) is 0 Å². The summed E-state index contributed by atoms with van der Waals surface area (Å²) in [7, 11) is -4.44. The molecule has 0 spiro atoms. The number of nitrogens with zero attached hydrogens (tertiary/aromatic N) is 3. The van der Waals surface area contributed by atoms with E-state index >= 15 is 4.39 Å². The summed E-state index contributed by atoms with van der Waals surface area (Å²) >= 11 is 12.5. The van der Waals surface area contributed by atoms with Crippen LogP contribution in [0.4, 0.5) is 10.2 Å². The van der Waals surface area contributed by atoms with Gasteiger partial charge in [-0.1, -0.05) is 23.2 Å². The zero-order valence-corrected chi connectivity index (χ0v) is 18.9. The number of benzene rings is 2. The van der Waals surface area contributed by atoms with Crippen LogP contribution in [-0.4, -0.2) is 23.6 Å². The summed E-state index contributed by atoms with van der Waals surface area (Å²) in [5.74, 6) is -0.867. The fraction of sp³-hybridized carbons (Fsp3) is 0. The topological polar surface area (TPSA) is 134 Å². The Morgan fingerprint density at radius 2 is 1.82 bits per heavy atom. The van der Waals surface area contributed by atoms with Crippen molar-refractivity contribution in [2.24, 2.45) is 5.14 Å². The molecule has 4 rings (SSSR count). The number of ether oxygens (including phenoxy) is 1. The first-order valence-corrected chi connectivity index (χ1v) is 11.5. The average Bonchev–Trinajstić information content (AvgIpc) is 2.77. The van der Waals surface area contributed by atoms with Crippen molar-refractivity contribution < 1.29 is 17.5 Å². The molecular weight excluding hydrogens is 492 g/mol. The molecule has 2 heterocycles. The third-order valence-electron chi connectivity index (χ3n) is 4.52. The van der Waals surface area contributed by atoms with Gasteiger partial charge in [-0.3, -0.25) is 0 Å². The van der Waals surface area contributed by atoms with E-state index in [0.717, 1.165) is 6.07 Å². The second-order valence-electron chi connectivity index (χ2n) is 6.74. The predicted octanol–water partition coefficient (Wildman–Crippen LogP) is 4.67. The largest absolute Gasteiger partial charge is 0.454 e. The van der Waals surface area contributed by atoms with E-state index in [-0.39, 0.29) is 33.6 Å². The van der Waals surface area contributed by atoms with Gasteiger partial charge in [0.15, 0.2) is 11.6 Å². The van der Waals surface area contributed by atoms with E-state index in [9.17, 15) is 8.42 Å². The molecule has 0 atom stereocenters. The summed E-state index contributed by atoms with van der Waals surface area (Å²) in [6.07, 6.45) is 2.88. The Hall–Kier alpha value is -3.31. The molecule has 8 nitrogen and oxygen atoms in total. The van der Waals surface area contributed by atoms with Crippen LogP contribution in [0, 0.1) is 5.82 Å². The second kappa shape index (κ2) is 8.91. The lowest BCUT2D eigenvalue weighted by Crippen LogP contribution is -2.15. The Bertz CT molecular complexity index is 1470. The van der Waals surface area contributed by atoms with Crippen LogP contribution in [0.5, 0.6) is 11.5 Å². The van der Waals surface area contributed by atoms with Gasteiger partial charge >= 0.3 is 0 Å². The lowest BCUT2D eigenvalue weighted by Gasteiger charge is -2.17. The Kier molecular flexibility index (Phi) is 6.17. The zero-order chi connectivity index (χ0) is 23.8. The number of nitrogens with two attached hydrogens (primary N) is 2. The number of rotatable bonds is 5. The molecular formula is C21H14Cl2FN5O3S. The van der Waals surface area contributed by atoms with Gasteiger partial charge < -0.3 is 10.5 Å². The maximum absolute atomic E-state index is 15.4. The minimum Gasteiger partial charge on any atom is -0.454 e. The van der Waals surface area contributed by atoms with Gasteiger partial charge in [-0.05, 0) is 54.1 Å². The van der Waals surface area contributed by atoms with E-state index in [1.54, 1.807) is 30.3 Å². The SMILES string of the molecule is Nc1cc(-c2cc(Cl)ccc2Oc2c(Cl)cc(S(N)(=O)=O)c(F)c2-c2cccnn2)ccn1. The number of sulfonamides is 1. The van der Waals surface area contributed by atoms with Crippen molar-refractivity contribution in [2.45, 2.75) is 4.90 Å². The lowest BCUT2D eigenvalue weighted by molar-refractivity contribution is 0.478. The van der Waals surface area contributed by atoms with E-state index in [4.69, 9.17) is 38.8 Å². The summed E-state index contributed by atoms with van der Waals surface area (Å²) in [6, 6.07) is 11.8. The Balaban J connectivity index is 1.96. The maximum atomic E-state index is 15.4. The third-order valence-corrected chi connectivity index (χ3v) is 5.94. The number of nitrogen functional groups attached to an aromatic ring is 1. The molecule has 12 heteroatoms. The van der Waals surface area contributed by atoms with Crippen molar-refractivity contribution in [3.05, 3.63) is 76.8 Å². The maximum Gasteiger partial charge on any atom is 0.241 e. The summed E-state index contributed by atoms with van der Waals surface area (Å²) in [5, 5.41) is 13.0. The molecule has 0 aliphatic carbocycles.